The molecule has 34 heavy (non-hydrogen) atoms. The van der Waals surface area contributed by atoms with Crippen LogP contribution in [0, 0.1) is 0 Å². The van der Waals surface area contributed by atoms with Gasteiger partial charge in [-0.2, -0.15) is 22.8 Å². The summed E-state index contributed by atoms with van der Waals surface area (Å²) >= 11 is 1.34. The summed E-state index contributed by atoms with van der Waals surface area (Å²) in [6.07, 6.45) is -0.447. The first-order valence-corrected chi connectivity index (χ1v) is 11.5. The molecule has 0 bridgehead atoms. The van der Waals surface area contributed by atoms with Gasteiger partial charge < -0.3 is 0 Å². The van der Waals surface area contributed by atoms with E-state index in [1.807, 2.05) is 36.4 Å². The second kappa shape index (κ2) is 9.23. The summed E-state index contributed by atoms with van der Waals surface area (Å²) in [5.74, 6) is 0.809. The van der Waals surface area contributed by atoms with E-state index in [4.69, 9.17) is 0 Å². The monoisotopic (exact) mass is 476 g/mol. The summed E-state index contributed by atoms with van der Waals surface area (Å²) in [4.78, 5) is 0.638. The highest BCUT2D eigenvalue weighted by Gasteiger charge is 2.30. The molecule has 2 heterocycles. The highest BCUT2D eigenvalue weighted by Crippen LogP contribution is 2.31. The molecule has 0 amide bonds. The zero-order valence-electron chi connectivity index (χ0n) is 17.9. The smallest absolute Gasteiger partial charge is 0.187 e. The summed E-state index contributed by atoms with van der Waals surface area (Å²) < 4.78 is 40.6. The van der Waals surface area contributed by atoms with Crippen LogP contribution in [0.15, 0.2) is 84.9 Å². The fraction of sp³-hybridized carbons (Fsp3) is 0.115. The third-order valence-corrected chi connectivity index (χ3v) is 6.36. The van der Waals surface area contributed by atoms with Crippen molar-refractivity contribution in [2.75, 3.05) is 0 Å². The number of halogens is 3. The lowest BCUT2D eigenvalue weighted by molar-refractivity contribution is -0.137. The maximum Gasteiger partial charge on any atom is 0.416 e. The number of alkyl halides is 3. The molecule has 0 aliphatic carbocycles. The number of nitrogens with zero attached hydrogens (tertiary/aromatic N) is 4. The van der Waals surface area contributed by atoms with Gasteiger partial charge in [0.15, 0.2) is 5.82 Å². The Kier molecular flexibility index (Phi) is 5.98. The number of aromatic nitrogens is 4. The number of benzene rings is 3. The Morgan fingerprint density at radius 3 is 2.15 bits per heavy atom. The lowest BCUT2D eigenvalue weighted by atomic mass is 9.88. The van der Waals surface area contributed by atoms with Crippen LogP contribution < -0.4 is 0 Å². The summed E-state index contributed by atoms with van der Waals surface area (Å²) in [6, 6.07) is 25.6. The van der Waals surface area contributed by atoms with Crippen LogP contribution in [0.25, 0.3) is 17.1 Å². The van der Waals surface area contributed by atoms with Gasteiger partial charge in [-0.15, -0.1) is 10.2 Å². The normalized spacial score (nSPS) is 12.2. The molecule has 0 unspecified atom stereocenters. The van der Waals surface area contributed by atoms with Crippen LogP contribution in [0.2, 0.25) is 0 Å². The molecule has 8 heteroatoms. The molecule has 2 aromatic heterocycles. The largest absolute Gasteiger partial charge is 0.416 e. The first-order chi connectivity index (χ1) is 16.5. The molecule has 0 atom stereocenters. The van der Waals surface area contributed by atoms with Crippen molar-refractivity contribution < 1.29 is 13.2 Å². The SMILES string of the molecule is FC(F)(F)c1cccc(C=Cc2nn3c(CC(c4ccccc4)c4ccccc4)nnc3s2)c1. The van der Waals surface area contributed by atoms with Crippen molar-refractivity contribution in [2.45, 2.75) is 18.5 Å². The van der Waals surface area contributed by atoms with Gasteiger partial charge in [0.05, 0.1) is 5.56 Å². The third-order valence-electron chi connectivity index (χ3n) is 5.49. The summed E-state index contributed by atoms with van der Waals surface area (Å²) in [5.41, 5.74) is 2.12. The van der Waals surface area contributed by atoms with E-state index in [1.54, 1.807) is 22.7 Å². The Hall–Kier alpha value is -3.78. The van der Waals surface area contributed by atoms with Crippen molar-refractivity contribution in [3.05, 3.63) is 118 Å². The van der Waals surface area contributed by atoms with Gasteiger partial charge in [0.2, 0.25) is 4.96 Å². The lowest BCUT2D eigenvalue weighted by Crippen LogP contribution is -2.08. The van der Waals surface area contributed by atoms with E-state index in [9.17, 15) is 13.2 Å². The van der Waals surface area contributed by atoms with Gasteiger partial charge >= 0.3 is 6.18 Å². The molecule has 5 rings (SSSR count). The zero-order chi connectivity index (χ0) is 23.5. The standard InChI is InChI=1S/C26H19F3N4S/c27-26(28,29)21-13-7-8-18(16-21)14-15-24-32-33-23(30-31-25(33)34-24)17-22(19-9-3-1-4-10-19)20-11-5-2-6-12-20/h1-16,22H,17H2. The predicted molar refractivity (Wildman–Crippen MR) is 127 cm³/mol. The average Bonchev–Trinajstić information content (AvgIpc) is 3.43. The minimum atomic E-state index is -4.37. The van der Waals surface area contributed by atoms with Crippen LogP contribution in [0.3, 0.4) is 0 Å². The molecular weight excluding hydrogens is 457 g/mol. The molecule has 4 nitrogen and oxygen atoms in total. The Morgan fingerprint density at radius 2 is 1.50 bits per heavy atom. The van der Waals surface area contributed by atoms with Gasteiger partial charge in [0, 0.05) is 12.3 Å². The van der Waals surface area contributed by atoms with Crippen LogP contribution in [-0.4, -0.2) is 19.8 Å². The van der Waals surface area contributed by atoms with Crippen LogP contribution >= 0.6 is 11.3 Å². The Balaban J connectivity index is 1.43. The summed E-state index contributed by atoms with van der Waals surface area (Å²) in [5, 5.41) is 13.9. The van der Waals surface area contributed by atoms with Gasteiger partial charge in [0.1, 0.15) is 5.01 Å². The fourth-order valence-corrected chi connectivity index (χ4v) is 4.59. The summed E-state index contributed by atoms with van der Waals surface area (Å²) in [7, 11) is 0. The van der Waals surface area contributed by atoms with Crippen molar-refractivity contribution in [1.29, 1.82) is 0 Å². The zero-order valence-corrected chi connectivity index (χ0v) is 18.7. The molecule has 0 N–H and O–H groups in total. The minimum absolute atomic E-state index is 0.0839. The third kappa shape index (κ3) is 4.77. The molecule has 0 spiro atoms. The van der Waals surface area contributed by atoms with Crippen molar-refractivity contribution in [2.24, 2.45) is 0 Å². The number of rotatable bonds is 6. The summed E-state index contributed by atoms with van der Waals surface area (Å²) in [6.45, 7) is 0. The Morgan fingerprint density at radius 1 is 0.824 bits per heavy atom. The molecule has 5 aromatic rings. The van der Waals surface area contributed by atoms with E-state index in [0.29, 0.717) is 22.0 Å². The molecule has 3 aromatic carbocycles. The van der Waals surface area contributed by atoms with E-state index in [-0.39, 0.29) is 5.92 Å². The second-order valence-corrected chi connectivity index (χ2v) is 8.77. The molecule has 0 saturated heterocycles. The molecule has 0 saturated carbocycles. The van der Waals surface area contributed by atoms with Crippen LogP contribution in [-0.2, 0) is 12.6 Å². The fourth-order valence-electron chi connectivity index (χ4n) is 3.83. The van der Waals surface area contributed by atoms with Crippen LogP contribution in [0.1, 0.15) is 39.0 Å². The second-order valence-electron chi connectivity index (χ2n) is 7.79. The van der Waals surface area contributed by atoms with Crippen LogP contribution in [0.4, 0.5) is 13.2 Å². The Bertz CT molecular complexity index is 1380. The topological polar surface area (TPSA) is 43.1 Å². The minimum Gasteiger partial charge on any atom is -0.187 e. The highest BCUT2D eigenvalue weighted by atomic mass is 32.1. The van der Waals surface area contributed by atoms with Gasteiger partial charge in [-0.25, -0.2) is 0 Å². The number of fused-ring (bicyclic) bond motifs is 1. The van der Waals surface area contributed by atoms with Crippen molar-refractivity contribution in [3.63, 3.8) is 0 Å². The van der Waals surface area contributed by atoms with Gasteiger partial charge in [-0.1, -0.05) is 90.2 Å². The highest BCUT2D eigenvalue weighted by molar-refractivity contribution is 7.17. The van der Waals surface area contributed by atoms with Crippen LogP contribution in [0.5, 0.6) is 0 Å². The van der Waals surface area contributed by atoms with E-state index in [0.717, 1.165) is 18.0 Å². The van der Waals surface area contributed by atoms with E-state index in [2.05, 4.69) is 39.6 Å². The molecule has 0 fully saturated rings. The van der Waals surface area contributed by atoms with Gasteiger partial charge in [0.25, 0.3) is 0 Å². The molecular formula is C26H19F3N4S. The average molecular weight is 477 g/mol. The molecule has 170 valence electrons. The van der Waals surface area contributed by atoms with E-state index >= 15 is 0 Å². The molecule has 0 aliphatic heterocycles. The Labute approximate surface area is 198 Å². The lowest BCUT2D eigenvalue weighted by Gasteiger charge is -2.16. The number of hydrogen-bond acceptors (Lipinski definition) is 4. The maximum absolute atomic E-state index is 13.0. The number of hydrogen-bond donors (Lipinski definition) is 0. The first kappa shape index (κ1) is 22.0. The molecule has 0 aliphatic rings. The van der Waals surface area contributed by atoms with Crippen molar-refractivity contribution in [3.8, 4) is 0 Å². The quantitative estimate of drug-likeness (QED) is 0.272. The van der Waals surface area contributed by atoms with E-state index in [1.165, 1.54) is 28.5 Å². The van der Waals surface area contributed by atoms with Gasteiger partial charge in [-0.3, -0.25) is 0 Å². The van der Waals surface area contributed by atoms with Crippen molar-refractivity contribution >= 4 is 28.4 Å². The van der Waals surface area contributed by atoms with Crippen molar-refractivity contribution in [1.82, 2.24) is 19.8 Å². The predicted octanol–water partition coefficient (Wildman–Crippen LogP) is 6.75. The molecule has 0 radical (unpaired) electrons. The van der Waals surface area contributed by atoms with E-state index < -0.39 is 11.7 Å². The maximum atomic E-state index is 13.0. The van der Waals surface area contributed by atoms with Gasteiger partial charge in [-0.05, 0) is 34.9 Å². The first-order valence-electron chi connectivity index (χ1n) is 10.6.